The number of benzene rings is 1. The number of carboxylic acids is 1. The zero-order valence-corrected chi connectivity index (χ0v) is 12.1. The number of aliphatic carboxylic acids is 1. The van der Waals surface area contributed by atoms with Gasteiger partial charge in [0.25, 0.3) is 0 Å². The number of hydrogen-bond donors (Lipinski definition) is 2. The third-order valence-corrected chi connectivity index (χ3v) is 2.87. The Labute approximate surface area is 122 Å². The summed E-state index contributed by atoms with van der Waals surface area (Å²) in [5, 5.41) is 12.0. The van der Waals surface area contributed by atoms with Crippen LogP contribution in [-0.4, -0.2) is 43.4 Å². The van der Waals surface area contributed by atoms with Crippen molar-refractivity contribution >= 4 is 29.3 Å². The molecule has 0 heterocycles. The minimum atomic E-state index is -1.10. The Morgan fingerprint density at radius 2 is 2.00 bits per heavy atom. The Balaban J connectivity index is 2.80. The van der Waals surface area contributed by atoms with Gasteiger partial charge in [-0.05, 0) is 31.2 Å². The lowest BCUT2D eigenvalue weighted by Gasteiger charge is -2.22. The molecule has 0 spiro atoms. The van der Waals surface area contributed by atoms with Crippen molar-refractivity contribution in [1.82, 2.24) is 5.32 Å². The molecule has 0 aliphatic carbocycles. The Kier molecular flexibility index (Phi) is 6.27. The number of carbonyl (C=O) groups is 2. The number of hydrogen-bond acceptors (Lipinski definition) is 3. The fourth-order valence-corrected chi connectivity index (χ4v) is 1.57. The summed E-state index contributed by atoms with van der Waals surface area (Å²) in [4.78, 5) is 24.0. The average molecular weight is 301 g/mol. The number of nitrogens with one attached hydrogen (secondary N) is 1. The first-order valence-electron chi connectivity index (χ1n) is 5.99. The molecule has 0 saturated carbocycles. The second-order valence-corrected chi connectivity index (χ2v) is 4.63. The van der Waals surface area contributed by atoms with Crippen LogP contribution < -0.4 is 10.2 Å². The summed E-state index contributed by atoms with van der Waals surface area (Å²) in [5.41, 5.74) is 0.458. The number of amides is 2. The molecule has 1 aromatic rings. The maximum atomic E-state index is 12.0. The smallest absolute Gasteiger partial charge is 0.323 e. The minimum absolute atomic E-state index is 0.157. The van der Waals surface area contributed by atoms with Crippen LogP contribution in [-0.2, 0) is 9.53 Å². The molecule has 0 aliphatic heterocycles. The Morgan fingerprint density at radius 1 is 1.40 bits per heavy atom. The van der Waals surface area contributed by atoms with E-state index in [0.29, 0.717) is 17.3 Å². The maximum Gasteiger partial charge on any atom is 0.323 e. The van der Waals surface area contributed by atoms with Crippen molar-refractivity contribution in [3.8, 4) is 0 Å². The lowest BCUT2D eigenvalue weighted by molar-refractivity contribution is -0.135. The van der Waals surface area contributed by atoms with E-state index in [4.69, 9.17) is 21.4 Å². The van der Waals surface area contributed by atoms with Gasteiger partial charge < -0.3 is 15.2 Å². The molecule has 0 saturated heterocycles. The van der Waals surface area contributed by atoms with Crippen LogP contribution in [0, 0.1) is 0 Å². The van der Waals surface area contributed by atoms with Gasteiger partial charge in [0, 0.05) is 24.4 Å². The van der Waals surface area contributed by atoms with Crippen molar-refractivity contribution in [3.05, 3.63) is 29.3 Å². The molecule has 0 fully saturated rings. The molecule has 1 rings (SSSR count). The van der Waals surface area contributed by atoms with Gasteiger partial charge in [0.2, 0.25) is 0 Å². The third kappa shape index (κ3) is 5.07. The van der Waals surface area contributed by atoms with E-state index in [1.807, 2.05) is 0 Å². The SMILES string of the molecule is COC(C)CNC(=O)N(CC(=O)O)c1ccc(Cl)cc1. The van der Waals surface area contributed by atoms with Crippen LogP contribution in [0.2, 0.25) is 5.02 Å². The average Bonchev–Trinajstić information content (AvgIpc) is 2.42. The molecule has 7 heteroatoms. The summed E-state index contributed by atoms with van der Waals surface area (Å²) in [6.07, 6.45) is -0.157. The molecule has 20 heavy (non-hydrogen) atoms. The summed E-state index contributed by atoms with van der Waals surface area (Å²) < 4.78 is 5.02. The number of urea groups is 1. The number of anilines is 1. The molecule has 1 atom stereocenters. The minimum Gasteiger partial charge on any atom is -0.480 e. The topological polar surface area (TPSA) is 78.9 Å². The highest BCUT2D eigenvalue weighted by Gasteiger charge is 2.19. The van der Waals surface area contributed by atoms with Gasteiger partial charge >= 0.3 is 12.0 Å². The normalized spacial score (nSPS) is 11.8. The second-order valence-electron chi connectivity index (χ2n) is 4.19. The zero-order chi connectivity index (χ0) is 15.1. The molecule has 0 aliphatic rings. The number of methoxy groups -OCH3 is 1. The zero-order valence-electron chi connectivity index (χ0n) is 11.3. The van der Waals surface area contributed by atoms with Crippen molar-refractivity contribution < 1.29 is 19.4 Å². The van der Waals surface area contributed by atoms with Gasteiger partial charge in [-0.3, -0.25) is 9.69 Å². The van der Waals surface area contributed by atoms with Crippen molar-refractivity contribution in [3.63, 3.8) is 0 Å². The molecule has 2 N–H and O–H groups in total. The number of rotatable bonds is 6. The number of nitrogens with zero attached hydrogens (tertiary/aromatic N) is 1. The summed E-state index contributed by atoms with van der Waals surface area (Å²) >= 11 is 5.77. The molecule has 0 radical (unpaired) electrons. The van der Waals surface area contributed by atoms with Crippen LogP contribution in [0.5, 0.6) is 0 Å². The largest absolute Gasteiger partial charge is 0.480 e. The lowest BCUT2D eigenvalue weighted by Crippen LogP contribution is -2.45. The first-order chi connectivity index (χ1) is 9.43. The molecule has 1 aromatic carbocycles. The quantitative estimate of drug-likeness (QED) is 0.842. The summed E-state index contributed by atoms with van der Waals surface area (Å²) in [6.45, 7) is 1.65. The van der Waals surface area contributed by atoms with Crippen molar-refractivity contribution in [2.45, 2.75) is 13.0 Å². The number of carboxylic acid groups (broad SMARTS) is 1. The van der Waals surface area contributed by atoms with E-state index in [9.17, 15) is 9.59 Å². The highest BCUT2D eigenvalue weighted by atomic mass is 35.5. The van der Waals surface area contributed by atoms with Gasteiger partial charge in [-0.25, -0.2) is 4.79 Å². The van der Waals surface area contributed by atoms with Crippen molar-refractivity contribution in [2.75, 3.05) is 25.1 Å². The summed E-state index contributed by atoms with van der Waals surface area (Å²) in [6, 6.07) is 5.86. The lowest BCUT2D eigenvalue weighted by atomic mass is 10.3. The van der Waals surface area contributed by atoms with Gasteiger partial charge in [0.15, 0.2) is 0 Å². The van der Waals surface area contributed by atoms with Crippen LogP contribution in [0.3, 0.4) is 0 Å². The van der Waals surface area contributed by atoms with Crippen molar-refractivity contribution in [2.24, 2.45) is 0 Å². The highest BCUT2D eigenvalue weighted by Crippen LogP contribution is 2.18. The predicted molar refractivity (Wildman–Crippen MR) is 76.3 cm³/mol. The van der Waals surface area contributed by atoms with E-state index >= 15 is 0 Å². The van der Waals surface area contributed by atoms with E-state index in [1.54, 1.807) is 31.2 Å². The summed E-state index contributed by atoms with van der Waals surface area (Å²) in [7, 11) is 1.53. The van der Waals surface area contributed by atoms with Gasteiger partial charge in [-0.15, -0.1) is 0 Å². The Bertz CT molecular complexity index is 464. The molecule has 1 unspecified atom stereocenters. The van der Waals surface area contributed by atoms with Gasteiger partial charge in [0.05, 0.1) is 6.10 Å². The molecular formula is C13H17ClN2O4. The standard InChI is InChI=1S/C13H17ClN2O4/c1-9(20-2)7-15-13(19)16(8-12(17)18)11-5-3-10(14)4-6-11/h3-6,9H,7-8H2,1-2H3,(H,15,19)(H,17,18). The molecule has 0 aromatic heterocycles. The monoisotopic (exact) mass is 300 g/mol. The third-order valence-electron chi connectivity index (χ3n) is 2.62. The van der Waals surface area contributed by atoms with E-state index in [-0.39, 0.29) is 6.10 Å². The van der Waals surface area contributed by atoms with Gasteiger partial charge in [0.1, 0.15) is 6.54 Å². The molecule has 6 nitrogen and oxygen atoms in total. The predicted octanol–water partition coefficient (Wildman–Crippen LogP) is 1.98. The van der Waals surface area contributed by atoms with Crippen molar-refractivity contribution in [1.29, 1.82) is 0 Å². The fourth-order valence-electron chi connectivity index (χ4n) is 1.45. The van der Waals surface area contributed by atoms with Crippen LogP contribution in [0.1, 0.15) is 6.92 Å². The first-order valence-corrected chi connectivity index (χ1v) is 6.37. The van der Waals surface area contributed by atoms with Gasteiger partial charge in [-0.2, -0.15) is 0 Å². The first kappa shape index (κ1) is 16.3. The molecule has 0 bridgehead atoms. The van der Waals surface area contributed by atoms with E-state index < -0.39 is 18.5 Å². The number of ether oxygens (including phenoxy) is 1. The highest BCUT2D eigenvalue weighted by molar-refractivity contribution is 6.30. The maximum absolute atomic E-state index is 12.0. The van der Waals surface area contributed by atoms with E-state index in [1.165, 1.54) is 7.11 Å². The van der Waals surface area contributed by atoms with Crippen LogP contribution in [0.25, 0.3) is 0 Å². The van der Waals surface area contributed by atoms with E-state index in [0.717, 1.165) is 4.90 Å². The summed E-state index contributed by atoms with van der Waals surface area (Å²) in [5.74, 6) is -1.10. The van der Waals surface area contributed by atoms with Crippen LogP contribution >= 0.6 is 11.6 Å². The second kappa shape index (κ2) is 7.72. The van der Waals surface area contributed by atoms with E-state index in [2.05, 4.69) is 5.32 Å². The fraction of sp³-hybridized carbons (Fsp3) is 0.385. The number of carbonyl (C=O) groups excluding carboxylic acids is 1. The van der Waals surface area contributed by atoms with Gasteiger partial charge in [-0.1, -0.05) is 11.6 Å². The molecule has 2 amide bonds. The Morgan fingerprint density at radius 3 is 2.50 bits per heavy atom. The van der Waals surface area contributed by atoms with Crippen LogP contribution in [0.15, 0.2) is 24.3 Å². The molecule has 110 valence electrons. The Hall–Kier alpha value is -1.79. The number of halogens is 1. The molecular weight excluding hydrogens is 284 g/mol. The van der Waals surface area contributed by atoms with Crippen LogP contribution in [0.4, 0.5) is 10.5 Å².